The monoisotopic (exact) mass is 347 g/mol. The number of aldehydes is 1. The lowest BCUT2D eigenvalue weighted by molar-refractivity contribution is -0.106. The van der Waals surface area contributed by atoms with E-state index in [1.54, 1.807) is 24.9 Å². The second-order valence-electron chi connectivity index (χ2n) is 4.36. The average molecular weight is 348 g/mol. The van der Waals surface area contributed by atoms with E-state index in [0.29, 0.717) is 6.54 Å². The minimum absolute atomic E-state index is 0.367. The number of methoxy groups -OCH3 is 1. The van der Waals surface area contributed by atoms with Gasteiger partial charge >= 0.3 is 0 Å². The van der Waals surface area contributed by atoms with E-state index in [-0.39, 0.29) is 0 Å². The van der Waals surface area contributed by atoms with Gasteiger partial charge in [-0.15, -0.1) is 0 Å². The molecule has 24 heavy (non-hydrogen) atoms. The largest absolute Gasteiger partial charge is 0.385 e. The van der Waals surface area contributed by atoms with Gasteiger partial charge in [0.2, 0.25) is 0 Å². The molecule has 1 aromatic rings. The number of benzene rings is 1. The Kier molecular flexibility index (Phi) is 12.6. The summed E-state index contributed by atoms with van der Waals surface area (Å²) in [5.74, 6) is 0. The van der Waals surface area contributed by atoms with Crippen molar-refractivity contribution < 1.29 is 9.53 Å². The number of anilines is 1. The summed E-state index contributed by atoms with van der Waals surface area (Å²) in [4.78, 5) is 15.2. The first kappa shape index (κ1) is 22.2. The van der Waals surface area contributed by atoms with Crippen LogP contribution in [0, 0.1) is 0 Å². The van der Waals surface area contributed by atoms with Crippen LogP contribution < -0.4 is 4.90 Å². The third-order valence-corrected chi connectivity index (χ3v) is 4.14. The number of thioether (sulfide) groups is 1. The molecule has 1 aliphatic rings. The Morgan fingerprint density at radius 3 is 2.42 bits per heavy atom. The molecule has 0 fully saturated rings. The molecule has 4 heteroatoms. The van der Waals surface area contributed by atoms with Gasteiger partial charge in [-0.3, -0.25) is 0 Å². The number of carbonyl (C=O) groups excluding carboxylic acids is 1. The quantitative estimate of drug-likeness (QED) is 0.677. The molecule has 1 aromatic carbocycles. The maximum atomic E-state index is 10.9. The van der Waals surface area contributed by atoms with Gasteiger partial charge in [-0.25, -0.2) is 0 Å². The molecule has 0 saturated heterocycles. The molecular formula is C20H29NO2S. The van der Waals surface area contributed by atoms with Crippen LogP contribution in [0.1, 0.15) is 27.7 Å². The van der Waals surface area contributed by atoms with E-state index in [4.69, 9.17) is 0 Å². The molecule has 0 radical (unpaired) electrons. The Hall–Kier alpha value is -1.78. The summed E-state index contributed by atoms with van der Waals surface area (Å²) >= 11 is 1.71. The summed E-state index contributed by atoms with van der Waals surface area (Å²) in [6, 6.07) is 8.12. The van der Waals surface area contributed by atoms with Gasteiger partial charge in [-0.05, 0) is 32.1 Å². The Morgan fingerprint density at radius 2 is 1.92 bits per heavy atom. The van der Waals surface area contributed by atoms with Crippen molar-refractivity contribution in [3.05, 3.63) is 59.7 Å². The molecule has 0 bridgehead atoms. The van der Waals surface area contributed by atoms with Gasteiger partial charge in [0.15, 0.2) is 0 Å². The van der Waals surface area contributed by atoms with Crippen LogP contribution in [0.5, 0.6) is 0 Å². The zero-order chi connectivity index (χ0) is 18.4. The van der Waals surface area contributed by atoms with E-state index in [9.17, 15) is 4.79 Å². The van der Waals surface area contributed by atoms with Crippen molar-refractivity contribution in [1.82, 2.24) is 0 Å². The lowest BCUT2D eigenvalue weighted by Gasteiger charge is -2.33. The fourth-order valence-electron chi connectivity index (χ4n) is 2.00. The molecule has 0 spiro atoms. The van der Waals surface area contributed by atoms with E-state index in [0.717, 1.165) is 34.1 Å². The first-order valence-electron chi connectivity index (χ1n) is 8.19. The molecule has 0 N–H and O–H groups in total. The van der Waals surface area contributed by atoms with Crippen LogP contribution in [-0.2, 0) is 9.53 Å². The molecule has 3 nitrogen and oxygen atoms in total. The van der Waals surface area contributed by atoms with Crippen LogP contribution in [0.2, 0.25) is 0 Å². The van der Waals surface area contributed by atoms with Gasteiger partial charge < -0.3 is 14.4 Å². The maximum Gasteiger partial charge on any atom is 0.139 e. The third-order valence-electron chi connectivity index (χ3n) is 3.01. The molecule has 0 saturated carbocycles. The van der Waals surface area contributed by atoms with Crippen LogP contribution >= 0.6 is 11.8 Å². The van der Waals surface area contributed by atoms with Crippen molar-refractivity contribution in [2.75, 3.05) is 25.2 Å². The first-order valence-corrected chi connectivity index (χ1v) is 9.01. The Morgan fingerprint density at radius 1 is 1.29 bits per heavy atom. The van der Waals surface area contributed by atoms with Crippen molar-refractivity contribution in [3.8, 4) is 0 Å². The van der Waals surface area contributed by atoms with E-state index in [2.05, 4.69) is 17.4 Å². The molecule has 0 atom stereocenters. The van der Waals surface area contributed by atoms with Crippen LogP contribution in [0.15, 0.2) is 64.6 Å². The number of ether oxygens (including phenoxy) is 1. The number of nitrogens with zero attached hydrogens (tertiary/aromatic N) is 1. The summed E-state index contributed by atoms with van der Waals surface area (Å²) in [7, 11) is 1.68. The normalized spacial score (nSPS) is 15.6. The molecule has 1 heterocycles. The second-order valence-corrected chi connectivity index (χ2v) is 5.45. The summed E-state index contributed by atoms with van der Waals surface area (Å²) in [6.45, 7) is 12.9. The number of rotatable bonds is 4. The van der Waals surface area contributed by atoms with Crippen LogP contribution in [-0.4, -0.2) is 26.5 Å². The summed E-state index contributed by atoms with van der Waals surface area (Å²) in [6.07, 6.45) is 6.72. The number of fused-ring (bicyclic) bond motifs is 1. The highest BCUT2D eigenvalue weighted by atomic mass is 32.2. The molecule has 0 unspecified atom stereocenters. The minimum Gasteiger partial charge on any atom is -0.385 e. The Balaban J connectivity index is 0.000000773. The minimum atomic E-state index is 0.367. The predicted octanol–water partition coefficient (Wildman–Crippen LogP) is 5.45. The van der Waals surface area contributed by atoms with E-state index in [1.165, 1.54) is 0 Å². The topological polar surface area (TPSA) is 29.5 Å². The van der Waals surface area contributed by atoms with Gasteiger partial charge in [-0.2, -0.15) is 0 Å². The lowest BCUT2D eigenvalue weighted by atomic mass is 10.2. The third kappa shape index (κ3) is 6.38. The van der Waals surface area contributed by atoms with Crippen molar-refractivity contribution in [3.63, 3.8) is 0 Å². The van der Waals surface area contributed by atoms with Gasteiger partial charge in [0.25, 0.3) is 0 Å². The predicted molar refractivity (Wildman–Crippen MR) is 107 cm³/mol. The van der Waals surface area contributed by atoms with Gasteiger partial charge in [0, 0.05) is 23.5 Å². The smallest absolute Gasteiger partial charge is 0.139 e. The standard InChI is InChI=1S/C15H15NOS.C3H8O.C2H6/c1-3-7-14-12(4-2)16(10-11-17)13-8-5-6-9-15(13)18-14;1-3-4-2;1-2/h3-9,11H,1,10H2,2H3;3H2,1-2H3;1-2H3/b12-4+,14-7+;;. The molecule has 0 amide bonds. The van der Waals surface area contributed by atoms with Gasteiger partial charge in [0.1, 0.15) is 6.29 Å². The van der Waals surface area contributed by atoms with E-state index in [1.807, 2.05) is 62.9 Å². The molecular weight excluding hydrogens is 318 g/mol. The zero-order valence-electron chi connectivity index (χ0n) is 15.4. The first-order chi connectivity index (χ1) is 11.7. The summed E-state index contributed by atoms with van der Waals surface area (Å²) in [5, 5.41) is 0. The highest BCUT2D eigenvalue weighted by Crippen LogP contribution is 2.45. The molecule has 0 aromatic heterocycles. The Labute approximate surface area is 151 Å². The highest BCUT2D eigenvalue weighted by Gasteiger charge is 2.24. The second kappa shape index (κ2) is 13.6. The SMILES string of the molecule is C=C/C=C1/Sc2ccccc2N(CC=O)/C1=C/C.CC.CCOC. The van der Waals surface area contributed by atoms with E-state index < -0.39 is 0 Å². The highest BCUT2D eigenvalue weighted by molar-refractivity contribution is 8.03. The van der Waals surface area contributed by atoms with Crippen LogP contribution in [0.3, 0.4) is 0 Å². The maximum absolute atomic E-state index is 10.9. The number of allylic oxidation sites excluding steroid dienone is 3. The Bertz CT molecular complexity index is 563. The molecule has 1 aliphatic heterocycles. The van der Waals surface area contributed by atoms with Crippen LogP contribution in [0.25, 0.3) is 0 Å². The number of hydrogen-bond acceptors (Lipinski definition) is 4. The number of carbonyl (C=O) groups is 1. The zero-order valence-corrected chi connectivity index (χ0v) is 16.2. The van der Waals surface area contributed by atoms with Crippen molar-refractivity contribution >= 4 is 23.7 Å². The summed E-state index contributed by atoms with van der Waals surface area (Å²) in [5.41, 5.74) is 2.15. The van der Waals surface area contributed by atoms with Crippen molar-refractivity contribution in [2.24, 2.45) is 0 Å². The lowest BCUT2D eigenvalue weighted by Crippen LogP contribution is -2.28. The fraction of sp³-hybridized carbons (Fsp3) is 0.350. The summed E-state index contributed by atoms with van der Waals surface area (Å²) < 4.78 is 4.54. The molecule has 0 aliphatic carbocycles. The average Bonchev–Trinajstić information content (AvgIpc) is 2.64. The molecule has 2 rings (SSSR count). The van der Waals surface area contributed by atoms with Gasteiger partial charge in [-0.1, -0.05) is 56.5 Å². The van der Waals surface area contributed by atoms with Gasteiger partial charge in [0.05, 0.1) is 17.9 Å². The van der Waals surface area contributed by atoms with Crippen molar-refractivity contribution in [2.45, 2.75) is 32.6 Å². The number of para-hydroxylation sites is 1. The van der Waals surface area contributed by atoms with E-state index >= 15 is 0 Å². The van der Waals surface area contributed by atoms with Crippen molar-refractivity contribution in [1.29, 1.82) is 0 Å². The fourth-order valence-corrected chi connectivity index (χ4v) is 3.16. The van der Waals surface area contributed by atoms with Crippen LogP contribution in [0.4, 0.5) is 5.69 Å². The molecule has 132 valence electrons. The number of hydrogen-bond donors (Lipinski definition) is 0.